The minimum atomic E-state index is -4.97. The van der Waals surface area contributed by atoms with E-state index in [2.05, 4.69) is 48.5 Å². The Balaban J connectivity index is 5.24. The van der Waals surface area contributed by atoms with Crippen molar-refractivity contribution in [3.63, 3.8) is 0 Å². The summed E-state index contributed by atoms with van der Waals surface area (Å²) >= 11 is 0. The number of hydrogen-bond donors (Lipinski definition) is 3. The fourth-order valence-electron chi connectivity index (χ4n) is 13.5. The van der Waals surface area contributed by atoms with Gasteiger partial charge in [-0.25, -0.2) is 9.13 Å². The molecule has 0 aliphatic heterocycles. The molecule has 5 atom stereocenters. The second kappa shape index (κ2) is 77.0. The number of rotatable bonds is 85. The molecule has 0 rings (SSSR count). The first-order valence-electron chi connectivity index (χ1n) is 44.8. The number of phosphoric acid groups is 2. The maximum absolute atomic E-state index is 13.2. The Hall–Kier alpha value is -1.94. The molecule has 0 bridgehead atoms. The lowest BCUT2D eigenvalue weighted by Crippen LogP contribution is -2.30. The number of unbranched alkanes of at least 4 members (excludes halogenated alkanes) is 53. The van der Waals surface area contributed by atoms with Gasteiger partial charge in [0.2, 0.25) is 0 Å². The lowest BCUT2D eigenvalue weighted by Gasteiger charge is -2.21. The summed E-state index contributed by atoms with van der Waals surface area (Å²) in [5, 5.41) is 10.7. The van der Waals surface area contributed by atoms with Gasteiger partial charge in [0.15, 0.2) is 12.2 Å². The smallest absolute Gasteiger partial charge is 0.462 e. The van der Waals surface area contributed by atoms with Crippen LogP contribution in [0.25, 0.3) is 0 Å². The molecule has 0 aromatic heterocycles. The van der Waals surface area contributed by atoms with E-state index >= 15 is 0 Å². The highest BCUT2D eigenvalue weighted by Crippen LogP contribution is 2.45. The molecule has 3 N–H and O–H groups in total. The number of aliphatic hydroxyl groups is 1. The van der Waals surface area contributed by atoms with Crippen LogP contribution in [0.1, 0.15) is 459 Å². The Morgan fingerprint density at radius 3 is 0.642 bits per heavy atom. The molecule has 0 radical (unpaired) electrons. The molecule has 0 saturated heterocycles. The predicted molar refractivity (Wildman–Crippen MR) is 437 cm³/mol. The van der Waals surface area contributed by atoms with Crippen LogP contribution in [0.15, 0.2) is 0 Å². The highest BCUT2D eigenvalue weighted by molar-refractivity contribution is 7.47. The zero-order valence-electron chi connectivity index (χ0n) is 69.9. The first-order valence-corrected chi connectivity index (χ1v) is 47.8. The fourth-order valence-corrected chi connectivity index (χ4v) is 15.1. The Labute approximate surface area is 651 Å². The molecule has 630 valence electrons. The maximum atomic E-state index is 13.2. The largest absolute Gasteiger partial charge is 0.472 e. The first-order chi connectivity index (χ1) is 51.2. The maximum Gasteiger partial charge on any atom is 0.472 e. The fraction of sp³-hybridized carbons (Fsp3) is 0.954. The third-order valence-corrected chi connectivity index (χ3v) is 22.3. The van der Waals surface area contributed by atoms with Crippen molar-refractivity contribution in [3.8, 4) is 0 Å². The van der Waals surface area contributed by atoms with Gasteiger partial charge >= 0.3 is 39.5 Å². The summed E-state index contributed by atoms with van der Waals surface area (Å²) in [6, 6.07) is 0. The van der Waals surface area contributed by atoms with Crippen molar-refractivity contribution in [2.24, 2.45) is 17.8 Å². The Morgan fingerprint density at radius 1 is 0.255 bits per heavy atom. The van der Waals surface area contributed by atoms with Crippen LogP contribution in [0.2, 0.25) is 0 Å². The molecule has 0 aromatic rings. The molecule has 106 heavy (non-hydrogen) atoms. The van der Waals surface area contributed by atoms with E-state index in [9.17, 15) is 43.2 Å². The molecule has 0 saturated carbocycles. The molecule has 0 fully saturated rings. The minimum absolute atomic E-state index is 0.107. The lowest BCUT2D eigenvalue weighted by atomic mass is 10.0. The molecule has 17 nitrogen and oxygen atoms in total. The van der Waals surface area contributed by atoms with E-state index < -0.39 is 97.5 Å². The van der Waals surface area contributed by atoms with E-state index in [0.717, 1.165) is 108 Å². The van der Waals surface area contributed by atoms with E-state index in [0.29, 0.717) is 25.7 Å². The zero-order chi connectivity index (χ0) is 77.9. The summed E-state index contributed by atoms with van der Waals surface area (Å²) in [6.07, 6.45) is 68.1. The minimum Gasteiger partial charge on any atom is -0.462 e. The summed E-state index contributed by atoms with van der Waals surface area (Å²) in [4.78, 5) is 73.3. The van der Waals surface area contributed by atoms with Crippen LogP contribution in [0, 0.1) is 17.8 Å². The molecule has 2 unspecified atom stereocenters. The topological polar surface area (TPSA) is 237 Å². The summed E-state index contributed by atoms with van der Waals surface area (Å²) in [5.74, 6) is 0.222. The second-order valence-corrected chi connectivity index (χ2v) is 35.6. The van der Waals surface area contributed by atoms with Crippen molar-refractivity contribution in [2.75, 3.05) is 39.6 Å². The summed E-state index contributed by atoms with van der Waals surface area (Å²) in [7, 11) is -9.93. The summed E-state index contributed by atoms with van der Waals surface area (Å²) in [5.41, 5.74) is 0. The van der Waals surface area contributed by atoms with Gasteiger partial charge in [-0.2, -0.15) is 0 Å². The van der Waals surface area contributed by atoms with Crippen molar-refractivity contribution >= 4 is 39.5 Å². The van der Waals surface area contributed by atoms with Crippen molar-refractivity contribution in [1.82, 2.24) is 0 Å². The SMILES string of the molecule is CCCCCCCCCCCCCCCCCCCCCCC(=O)O[C@H](COC(=O)CCCCCCCCCCCCCCCCCCC(C)C)COP(=O)(O)OC[C@@H](O)COP(=O)(O)OC[C@@H](COC(=O)CCCCCCCCCCC(C)C)OC(=O)CCCCCCCCCCCCCCCC(C)C. The highest BCUT2D eigenvalue weighted by atomic mass is 31.2. The van der Waals surface area contributed by atoms with Gasteiger partial charge in [-0.1, -0.05) is 408 Å². The lowest BCUT2D eigenvalue weighted by molar-refractivity contribution is -0.161. The van der Waals surface area contributed by atoms with Crippen LogP contribution >= 0.6 is 15.6 Å². The molecule has 19 heteroatoms. The molecular formula is C87H170O17P2. The van der Waals surface area contributed by atoms with Crippen LogP contribution in [0.3, 0.4) is 0 Å². The number of ether oxygens (including phenoxy) is 4. The highest BCUT2D eigenvalue weighted by Gasteiger charge is 2.30. The molecule has 0 aliphatic carbocycles. The van der Waals surface area contributed by atoms with Crippen LogP contribution in [0.5, 0.6) is 0 Å². The van der Waals surface area contributed by atoms with E-state index in [1.54, 1.807) is 0 Å². The molecule has 0 spiro atoms. The number of carbonyl (C=O) groups is 4. The third kappa shape index (κ3) is 80.1. The number of aliphatic hydroxyl groups excluding tert-OH is 1. The van der Waals surface area contributed by atoms with Crippen LogP contribution in [0.4, 0.5) is 0 Å². The average Bonchev–Trinajstić information content (AvgIpc) is 0.904. The van der Waals surface area contributed by atoms with Crippen LogP contribution in [-0.4, -0.2) is 96.7 Å². The number of phosphoric ester groups is 2. The number of hydrogen-bond acceptors (Lipinski definition) is 15. The van der Waals surface area contributed by atoms with E-state index in [4.69, 9.17) is 37.0 Å². The van der Waals surface area contributed by atoms with E-state index in [1.165, 1.54) is 270 Å². The monoisotopic (exact) mass is 1550 g/mol. The van der Waals surface area contributed by atoms with E-state index in [1.807, 2.05) is 0 Å². The van der Waals surface area contributed by atoms with Gasteiger partial charge in [0.25, 0.3) is 0 Å². The van der Waals surface area contributed by atoms with Gasteiger partial charge in [-0.15, -0.1) is 0 Å². The predicted octanol–water partition coefficient (Wildman–Crippen LogP) is 26.5. The van der Waals surface area contributed by atoms with Gasteiger partial charge in [0.1, 0.15) is 19.3 Å². The Kier molecular flexibility index (Phi) is 75.6. The van der Waals surface area contributed by atoms with Gasteiger partial charge in [-0.3, -0.25) is 37.3 Å². The molecular weight excluding hydrogens is 1380 g/mol. The molecule has 0 amide bonds. The number of carbonyl (C=O) groups excluding carboxylic acids is 4. The van der Waals surface area contributed by atoms with Crippen molar-refractivity contribution < 1.29 is 80.2 Å². The number of esters is 4. The molecule has 0 aromatic carbocycles. The molecule has 0 heterocycles. The third-order valence-electron chi connectivity index (χ3n) is 20.4. The standard InChI is InChI=1S/C87H170O17P2/c1-8-9-10-11-12-13-14-15-16-17-18-19-20-25-30-35-40-49-56-63-70-86(91)103-82(74-97-84(89)68-61-54-47-39-34-29-24-22-21-23-27-32-37-44-51-58-65-78(2)3)76-101-105(93,94)99-72-81(88)73-100-106(95,96)102-77-83(75-98-85(90)69-62-55-48-43-42-46-53-60-67-80(6)7)104-87(92)71-64-57-50-41-36-31-26-28-33-38-45-52-59-66-79(4)5/h78-83,88H,8-77H2,1-7H3,(H,93,94)(H,95,96)/t81-,82-,83-/m1/s1. The average molecular weight is 1550 g/mol. The van der Waals surface area contributed by atoms with Gasteiger partial charge in [-0.05, 0) is 43.4 Å². The summed E-state index contributed by atoms with van der Waals surface area (Å²) in [6.45, 7) is 12.0. The normalized spacial score (nSPS) is 13.9. The van der Waals surface area contributed by atoms with Gasteiger partial charge in [0.05, 0.1) is 26.4 Å². The van der Waals surface area contributed by atoms with Crippen molar-refractivity contribution in [2.45, 2.75) is 478 Å². The second-order valence-electron chi connectivity index (χ2n) is 32.7. The van der Waals surface area contributed by atoms with Gasteiger partial charge in [0, 0.05) is 25.7 Å². The first kappa shape index (κ1) is 104. The Bertz CT molecular complexity index is 2040. The van der Waals surface area contributed by atoms with Gasteiger partial charge < -0.3 is 33.8 Å². The quantitative estimate of drug-likeness (QED) is 0.0222. The van der Waals surface area contributed by atoms with Crippen molar-refractivity contribution in [3.05, 3.63) is 0 Å². The zero-order valence-corrected chi connectivity index (χ0v) is 71.7. The van der Waals surface area contributed by atoms with Crippen molar-refractivity contribution in [1.29, 1.82) is 0 Å². The summed E-state index contributed by atoms with van der Waals surface area (Å²) < 4.78 is 68.9. The molecule has 0 aliphatic rings. The van der Waals surface area contributed by atoms with E-state index in [-0.39, 0.29) is 25.7 Å². The van der Waals surface area contributed by atoms with Crippen LogP contribution in [-0.2, 0) is 65.4 Å². The Morgan fingerprint density at radius 2 is 0.434 bits per heavy atom. The van der Waals surface area contributed by atoms with Crippen LogP contribution < -0.4 is 0 Å².